The molecule has 1 unspecified atom stereocenters. The standard InChI is InChI=1S/C22H25N5O2/c1-15(2)19-14-29-22(28)27(19)20-9-10-23-21(25-20)24-16(3)17-7-6-8-18(13-17)26-11-4-5-12-26/h4-13,15-16,19H,14H2,1-3H3,(H,23,24,25)/t16-,19?/m1/s1. The molecule has 0 saturated carbocycles. The van der Waals surface area contributed by atoms with Crippen LogP contribution in [0.5, 0.6) is 0 Å². The molecule has 1 N–H and O–H groups in total. The van der Waals surface area contributed by atoms with Crippen LogP contribution in [0.2, 0.25) is 0 Å². The smallest absolute Gasteiger partial charge is 0.415 e. The van der Waals surface area contributed by atoms with Gasteiger partial charge in [0.05, 0.1) is 12.1 Å². The SMILES string of the molecule is CC(C)C1COC(=O)N1c1ccnc(N[C@H](C)c2cccc(-n3cccc3)c2)n1. The summed E-state index contributed by atoms with van der Waals surface area (Å²) in [5.74, 6) is 1.30. The van der Waals surface area contributed by atoms with Crippen molar-refractivity contribution in [2.75, 3.05) is 16.8 Å². The second-order valence-corrected chi connectivity index (χ2v) is 7.55. The van der Waals surface area contributed by atoms with Crippen LogP contribution in [0.1, 0.15) is 32.4 Å². The first-order valence-electron chi connectivity index (χ1n) is 9.82. The summed E-state index contributed by atoms with van der Waals surface area (Å²) in [5.41, 5.74) is 2.21. The van der Waals surface area contributed by atoms with E-state index in [1.54, 1.807) is 17.2 Å². The average Bonchev–Trinajstić information content (AvgIpc) is 3.38. The molecule has 2 aromatic heterocycles. The Kier molecular flexibility index (Phi) is 5.20. The van der Waals surface area contributed by atoms with Gasteiger partial charge >= 0.3 is 6.09 Å². The van der Waals surface area contributed by atoms with Crippen molar-refractivity contribution in [3.63, 3.8) is 0 Å². The molecule has 7 heteroatoms. The van der Waals surface area contributed by atoms with Gasteiger partial charge < -0.3 is 14.6 Å². The Bertz CT molecular complexity index is 986. The Labute approximate surface area is 170 Å². The molecular formula is C22H25N5O2. The van der Waals surface area contributed by atoms with Crippen LogP contribution < -0.4 is 10.2 Å². The minimum Gasteiger partial charge on any atom is -0.447 e. The Morgan fingerprint density at radius 2 is 1.93 bits per heavy atom. The molecule has 0 spiro atoms. The number of ether oxygens (including phenoxy) is 1. The van der Waals surface area contributed by atoms with E-state index < -0.39 is 0 Å². The zero-order valence-corrected chi connectivity index (χ0v) is 16.8. The average molecular weight is 391 g/mol. The van der Waals surface area contributed by atoms with E-state index >= 15 is 0 Å². The van der Waals surface area contributed by atoms with Gasteiger partial charge in [0.15, 0.2) is 0 Å². The number of hydrogen-bond acceptors (Lipinski definition) is 5. The number of aromatic nitrogens is 3. The zero-order chi connectivity index (χ0) is 20.4. The normalized spacial score (nSPS) is 17.4. The fraction of sp³-hybridized carbons (Fsp3) is 0.318. The van der Waals surface area contributed by atoms with Crippen molar-refractivity contribution in [2.24, 2.45) is 5.92 Å². The first-order valence-corrected chi connectivity index (χ1v) is 9.82. The summed E-state index contributed by atoms with van der Waals surface area (Å²) in [6, 6.07) is 14.0. The van der Waals surface area contributed by atoms with Crippen LogP contribution in [0.4, 0.5) is 16.6 Å². The van der Waals surface area contributed by atoms with E-state index in [0.717, 1.165) is 11.3 Å². The molecular weight excluding hydrogens is 366 g/mol. The molecule has 1 fully saturated rings. The summed E-state index contributed by atoms with van der Waals surface area (Å²) in [7, 11) is 0. The van der Waals surface area contributed by atoms with E-state index in [-0.39, 0.29) is 24.1 Å². The van der Waals surface area contributed by atoms with Gasteiger partial charge in [-0.2, -0.15) is 4.98 Å². The van der Waals surface area contributed by atoms with E-state index in [1.165, 1.54) is 0 Å². The number of carbonyl (C=O) groups excluding carboxylic acids is 1. The number of hydrogen-bond donors (Lipinski definition) is 1. The molecule has 1 aromatic carbocycles. The number of cyclic esters (lactones) is 1. The molecule has 2 atom stereocenters. The van der Waals surface area contributed by atoms with Crippen LogP contribution in [-0.2, 0) is 4.74 Å². The monoisotopic (exact) mass is 391 g/mol. The lowest BCUT2D eigenvalue weighted by Crippen LogP contribution is -2.37. The lowest BCUT2D eigenvalue weighted by atomic mass is 10.0. The summed E-state index contributed by atoms with van der Waals surface area (Å²) >= 11 is 0. The predicted octanol–water partition coefficient (Wildman–Crippen LogP) is 4.42. The topological polar surface area (TPSA) is 72.3 Å². The maximum atomic E-state index is 12.2. The maximum absolute atomic E-state index is 12.2. The highest BCUT2D eigenvalue weighted by molar-refractivity contribution is 5.89. The molecule has 0 aliphatic carbocycles. The Morgan fingerprint density at radius 1 is 1.14 bits per heavy atom. The summed E-state index contributed by atoms with van der Waals surface area (Å²) in [6.45, 7) is 6.58. The van der Waals surface area contributed by atoms with Crippen LogP contribution in [0.25, 0.3) is 5.69 Å². The van der Waals surface area contributed by atoms with E-state index in [2.05, 4.69) is 58.8 Å². The van der Waals surface area contributed by atoms with E-state index in [4.69, 9.17) is 4.74 Å². The van der Waals surface area contributed by atoms with Gasteiger partial charge in [-0.1, -0.05) is 26.0 Å². The molecule has 7 nitrogen and oxygen atoms in total. The van der Waals surface area contributed by atoms with E-state index in [9.17, 15) is 4.79 Å². The molecule has 1 aliphatic rings. The predicted molar refractivity (Wildman–Crippen MR) is 112 cm³/mol. The largest absolute Gasteiger partial charge is 0.447 e. The second-order valence-electron chi connectivity index (χ2n) is 7.55. The van der Waals surface area contributed by atoms with Crippen molar-refractivity contribution in [1.29, 1.82) is 0 Å². The fourth-order valence-electron chi connectivity index (χ4n) is 3.48. The number of nitrogens with one attached hydrogen (secondary N) is 1. The van der Waals surface area contributed by atoms with Gasteiger partial charge in [-0.15, -0.1) is 0 Å². The van der Waals surface area contributed by atoms with Crippen LogP contribution >= 0.6 is 0 Å². The molecule has 150 valence electrons. The first-order chi connectivity index (χ1) is 14.0. The lowest BCUT2D eigenvalue weighted by Gasteiger charge is -2.24. The number of nitrogens with zero attached hydrogens (tertiary/aromatic N) is 4. The number of carbonyl (C=O) groups is 1. The van der Waals surface area contributed by atoms with Gasteiger partial charge in [0, 0.05) is 24.3 Å². The van der Waals surface area contributed by atoms with Crippen molar-refractivity contribution >= 4 is 17.9 Å². The van der Waals surface area contributed by atoms with Gasteiger partial charge in [0.25, 0.3) is 0 Å². The molecule has 0 radical (unpaired) electrons. The van der Waals surface area contributed by atoms with Crippen molar-refractivity contribution in [3.05, 3.63) is 66.6 Å². The molecule has 3 heterocycles. The van der Waals surface area contributed by atoms with Crippen molar-refractivity contribution in [3.8, 4) is 5.69 Å². The highest BCUT2D eigenvalue weighted by Gasteiger charge is 2.37. The van der Waals surface area contributed by atoms with Crippen molar-refractivity contribution in [1.82, 2.24) is 14.5 Å². The summed E-state index contributed by atoms with van der Waals surface area (Å²) in [6.07, 6.45) is 5.34. The Hall–Kier alpha value is -3.35. The van der Waals surface area contributed by atoms with Crippen LogP contribution in [-0.4, -0.2) is 33.3 Å². The van der Waals surface area contributed by atoms with Crippen LogP contribution in [0, 0.1) is 5.92 Å². The molecule has 4 rings (SSSR count). The van der Waals surface area contributed by atoms with Crippen molar-refractivity contribution < 1.29 is 9.53 Å². The molecule has 1 amide bonds. The Balaban J connectivity index is 1.54. The summed E-state index contributed by atoms with van der Waals surface area (Å²) < 4.78 is 7.30. The van der Waals surface area contributed by atoms with Gasteiger partial charge in [-0.05, 0) is 48.7 Å². The van der Waals surface area contributed by atoms with Crippen LogP contribution in [0.3, 0.4) is 0 Å². The summed E-state index contributed by atoms with van der Waals surface area (Å²) in [5, 5.41) is 3.34. The van der Waals surface area contributed by atoms with Gasteiger partial charge in [0.2, 0.25) is 5.95 Å². The van der Waals surface area contributed by atoms with Crippen molar-refractivity contribution in [2.45, 2.75) is 32.9 Å². The zero-order valence-electron chi connectivity index (χ0n) is 16.8. The minimum atomic E-state index is -0.360. The number of rotatable bonds is 6. The third-order valence-corrected chi connectivity index (χ3v) is 5.18. The number of anilines is 2. The van der Waals surface area contributed by atoms with E-state index in [1.807, 2.05) is 30.6 Å². The number of amides is 1. The molecule has 0 bridgehead atoms. The summed E-state index contributed by atoms with van der Waals surface area (Å²) in [4.78, 5) is 22.7. The third kappa shape index (κ3) is 3.94. The molecule has 3 aromatic rings. The third-order valence-electron chi connectivity index (χ3n) is 5.18. The fourth-order valence-corrected chi connectivity index (χ4v) is 3.48. The second kappa shape index (κ2) is 7.95. The lowest BCUT2D eigenvalue weighted by molar-refractivity contribution is 0.177. The van der Waals surface area contributed by atoms with Gasteiger partial charge in [-0.3, -0.25) is 4.90 Å². The Morgan fingerprint density at radius 3 is 2.69 bits per heavy atom. The van der Waals surface area contributed by atoms with E-state index in [0.29, 0.717) is 18.4 Å². The first kappa shape index (κ1) is 19.0. The van der Waals surface area contributed by atoms with Gasteiger partial charge in [-0.25, -0.2) is 9.78 Å². The maximum Gasteiger partial charge on any atom is 0.415 e. The molecule has 1 saturated heterocycles. The molecule has 1 aliphatic heterocycles. The molecule has 29 heavy (non-hydrogen) atoms. The highest BCUT2D eigenvalue weighted by atomic mass is 16.6. The highest BCUT2D eigenvalue weighted by Crippen LogP contribution is 2.27. The quantitative estimate of drug-likeness (QED) is 0.673. The minimum absolute atomic E-state index is 0.00723. The van der Waals surface area contributed by atoms with Crippen LogP contribution in [0.15, 0.2) is 61.1 Å². The number of benzene rings is 1. The van der Waals surface area contributed by atoms with Gasteiger partial charge in [0.1, 0.15) is 12.4 Å².